The van der Waals surface area contributed by atoms with Gasteiger partial charge in [0.2, 0.25) is 5.91 Å². The number of rotatable bonds is 4. The summed E-state index contributed by atoms with van der Waals surface area (Å²) >= 11 is 1.47. The zero-order valence-corrected chi connectivity index (χ0v) is 14.1. The number of nitrogens with two attached hydrogens (primary N) is 1. The molecule has 7 nitrogen and oxygen atoms in total. The van der Waals surface area contributed by atoms with Gasteiger partial charge in [0.1, 0.15) is 11.7 Å². The Balaban J connectivity index is 1.85. The molecule has 0 bridgehead atoms. The molecule has 0 unspecified atom stereocenters. The van der Waals surface area contributed by atoms with Crippen molar-refractivity contribution in [3.05, 3.63) is 23.5 Å². The lowest BCUT2D eigenvalue weighted by Gasteiger charge is -2.28. The van der Waals surface area contributed by atoms with Gasteiger partial charge >= 0.3 is 0 Å². The first kappa shape index (κ1) is 15.9. The molecule has 8 heteroatoms. The van der Waals surface area contributed by atoms with Gasteiger partial charge in [0.25, 0.3) is 5.91 Å². The molecule has 2 N–H and O–H groups in total. The van der Waals surface area contributed by atoms with Gasteiger partial charge in [0.05, 0.1) is 0 Å². The minimum atomic E-state index is -0.489. The average molecular weight is 335 g/mol. The van der Waals surface area contributed by atoms with Crippen LogP contribution < -0.4 is 5.73 Å². The van der Waals surface area contributed by atoms with Crippen molar-refractivity contribution < 1.29 is 9.59 Å². The maximum absolute atomic E-state index is 12.8. The van der Waals surface area contributed by atoms with E-state index in [0.717, 1.165) is 4.96 Å². The Hall–Kier alpha value is -1.93. The fraction of sp³-hybridized carbons (Fsp3) is 0.533. The molecule has 0 aromatic carbocycles. The number of carbonyl (C=O) groups is 2. The summed E-state index contributed by atoms with van der Waals surface area (Å²) in [6, 6.07) is -0.663. The first-order valence-electron chi connectivity index (χ1n) is 7.82. The number of likely N-dealkylation sites (N-methyl/N-ethyl adjacent to an activating group) is 1. The summed E-state index contributed by atoms with van der Waals surface area (Å²) < 4.78 is 1.81. The Morgan fingerprint density at radius 2 is 2.17 bits per heavy atom. The highest BCUT2D eigenvalue weighted by atomic mass is 32.1. The Morgan fingerprint density at radius 3 is 2.83 bits per heavy atom. The molecule has 0 spiro atoms. The third-order valence-electron chi connectivity index (χ3n) is 4.27. The molecule has 124 valence electrons. The Labute approximate surface area is 138 Å². The number of carbonyl (C=O) groups excluding carboxylic acids is 2. The van der Waals surface area contributed by atoms with Crippen LogP contribution in [0.2, 0.25) is 0 Å². The Bertz CT molecular complexity index is 692. The first-order chi connectivity index (χ1) is 11.0. The smallest absolute Gasteiger partial charge is 0.274 e. The van der Waals surface area contributed by atoms with Crippen LogP contribution in [0.3, 0.4) is 0 Å². The highest BCUT2D eigenvalue weighted by Crippen LogP contribution is 2.22. The van der Waals surface area contributed by atoms with Gasteiger partial charge in [-0.2, -0.15) is 0 Å². The molecule has 3 heterocycles. The van der Waals surface area contributed by atoms with E-state index in [-0.39, 0.29) is 17.9 Å². The third kappa shape index (κ3) is 2.84. The van der Waals surface area contributed by atoms with Crippen molar-refractivity contribution in [2.24, 2.45) is 5.73 Å². The van der Waals surface area contributed by atoms with Crippen LogP contribution in [-0.4, -0.2) is 62.7 Å². The summed E-state index contributed by atoms with van der Waals surface area (Å²) in [5, 5.41) is 1.91. The lowest BCUT2D eigenvalue weighted by atomic mass is 10.1. The van der Waals surface area contributed by atoms with Crippen LogP contribution in [-0.2, 0) is 4.79 Å². The molecule has 23 heavy (non-hydrogen) atoms. The molecular weight excluding hydrogens is 314 g/mol. The van der Waals surface area contributed by atoms with Crippen molar-refractivity contribution in [2.45, 2.75) is 32.4 Å². The molecule has 2 amide bonds. The van der Waals surface area contributed by atoms with Crippen LogP contribution in [0.25, 0.3) is 4.96 Å². The monoisotopic (exact) mass is 335 g/mol. The standard InChI is InChI=1S/C15H21N5O2S/c1-3-18(4-2)14(22)12-7-10(16)8-20(12)13(21)11-9-19-5-6-23-15(19)17-11/h5-6,9-10,12H,3-4,7-8,16H2,1-2H3/t10-,12+/m1/s1. The van der Waals surface area contributed by atoms with E-state index in [1.807, 2.05) is 29.8 Å². The number of nitrogens with zero attached hydrogens (tertiary/aromatic N) is 4. The van der Waals surface area contributed by atoms with E-state index in [1.165, 1.54) is 11.3 Å². The van der Waals surface area contributed by atoms with Crippen LogP contribution in [0.1, 0.15) is 30.8 Å². The van der Waals surface area contributed by atoms with Crippen LogP contribution >= 0.6 is 11.3 Å². The van der Waals surface area contributed by atoms with Gasteiger partial charge in [-0.3, -0.25) is 14.0 Å². The van der Waals surface area contributed by atoms with E-state index >= 15 is 0 Å². The maximum atomic E-state index is 12.8. The highest BCUT2D eigenvalue weighted by molar-refractivity contribution is 7.15. The molecule has 2 atom stereocenters. The normalized spacial score (nSPS) is 21.1. The fourth-order valence-electron chi connectivity index (χ4n) is 3.05. The molecule has 2 aromatic rings. The maximum Gasteiger partial charge on any atom is 0.274 e. The molecular formula is C15H21N5O2S. The lowest BCUT2D eigenvalue weighted by Crippen LogP contribution is -2.47. The van der Waals surface area contributed by atoms with Crippen molar-refractivity contribution in [2.75, 3.05) is 19.6 Å². The summed E-state index contributed by atoms with van der Waals surface area (Å²) in [4.78, 5) is 33.9. The van der Waals surface area contributed by atoms with Crippen LogP contribution in [0.4, 0.5) is 0 Å². The molecule has 2 aromatic heterocycles. The van der Waals surface area contributed by atoms with E-state index in [2.05, 4.69) is 4.98 Å². The van der Waals surface area contributed by atoms with E-state index in [9.17, 15) is 9.59 Å². The largest absolute Gasteiger partial charge is 0.341 e. The van der Waals surface area contributed by atoms with Crippen molar-refractivity contribution in [1.29, 1.82) is 0 Å². The predicted octanol–water partition coefficient (Wildman–Crippen LogP) is 0.806. The van der Waals surface area contributed by atoms with Gasteiger partial charge in [-0.15, -0.1) is 11.3 Å². The summed E-state index contributed by atoms with van der Waals surface area (Å²) in [5.41, 5.74) is 6.38. The average Bonchev–Trinajstić information content (AvgIpc) is 3.21. The van der Waals surface area contributed by atoms with Crippen LogP contribution in [0.15, 0.2) is 17.8 Å². The summed E-state index contributed by atoms with van der Waals surface area (Å²) in [6.07, 6.45) is 4.07. The third-order valence-corrected chi connectivity index (χ3v) is 5.04. The van der Waals surface area contributed by atoms with E-state index < -0.39 is 6.04 Å². The van der Waals surface area contributed by atoms with Gasteiger partial charge in [0.15, 0.2) is 4.96 Å². The molecule has 1 saturated heterocycles. The number of thiazole rings is 1. The minimum Gasteiger partial charge on any atom is -0.341 e. The summed E-state index contributed by atoms with van der Waals surface area (Å²) in [5.74, 6) is -0.253. The van der Waals surface area contributed by atoms with Crippen molar-refractivity contribution >= 4 is 28.1 Å². The summed E-state index contributed by atoms with van der Waals surface area (Å²) in [7, 11) is 0. The van der Waals surface area contributed by atoms with Crippen LogP contribution in [0.5, 0.6) is 0 Å². The Morgan fingerprint density at radius 1 is 1.43 bits per heavy atom. The predicted molar refractivity (Wildman–Crippen MR) is 88.4 cm³/mol. The van der Waals surface area contributed by atoms with E-state index in [1.54, 1.807) is 16.0 Å². The van der Waals surface area contributed by atoms with E-state index in [4.69, 9.17) is 5.73 Å². The Kier molecular flexibility index (Phi) is 4.36. The zero-order valence-electron chi connectivity index (χ0n) is 13.3. The van der Waals surface area contributed by atoms with E-state index in [0.29, 0.717) is 31.7 Å². The number of hydrogen-bond donors (Lipinski definition) is 1. The molecule has 0 radical (unpaired) electrons. The number of likely N-dealkylation sites (tertiary alicyclic amines) is 1. The summed E-state index contributed by atoms with van der Waals surface area (Å²) in [6.45, 7) is 5.52. The van der Waals surface area contributed by atoms with Gasteiger partial charge < -0.3 is 15.5 Å². The first-order valence-corrected chi connectivity index (χ1v) is 8.70. The molecule has 3 rings (SSSR count). The number of aromatic nitrogens is 2. The SMILES string of the molecule is CCN(CC)C(=O)[C@@H]1C[C@@H](N)CN1C(=O)c1cn2ccsc2n1. The second-order valence-electron chi connectivity index (χ2n) is 5.70. The number of amides is 2. The molecule has 1 aliphatic rings. The fourth-order valence-corrected chi connectivity index (χ4v) is 3.75. The minimum absolute atomic E-state index is 0.0303. The van der Waals surface area contributed by atoms with Gasteiger partial charge in [-0.1, -0.05) is 0 Å². The highest BCUT2D eigenvalue weighted by Gasteiger charge is 2.40. The lowest BCUT2D eigenvalue weighted by molar-refractivity contribution is -0.134. The molecule has 0 aliphatic carbocycles. The van der Waals surface area contributed by atoms with Gasteiger partial charge in [0, 0.05) is 43.4 Å². The zero-order chi connectivity index (χ0) is 16.6. The number of fused-ring (bicyclic) bond motifs is 1. The van der Waals surface area contributed by atoms with Crippen molar-refractivity contribution in [1.82, 2.24) is 19.2 Å². The second kappa shape index (κ2) is 6.29. The van der Waals surface area contributed by atoms with Crippen molar-refractivity contribution in [3.63, 3.8) is 0 Å². The van der Waals surface area contributed by atoms with Crippen molar-refractivity contribution in [3.8, 4) is 0 Å². The van der Waals surface area contributed by atoms with Gasteiger partial charge in [-0.05, 0) is 20.3 Å². The molecule has 1 fully saturated rings. The molecule has 0 saturated carbocycles. The van der Waals surface area contributed by atoms with Crippen LogP contribution in [0, 0.1) is 0 Å². The van der Waals surface area contributed by atoms with Gasteiger partial charge in [-0.25, -0.2) is 4.98 Å². The quantitative estimate of drug-likeness (QED) is 0.896. The number of hydrogen-bond acceptors (Lipinski definition) is 5. The molecule has 1 aliphatic heterocycles. The topological polar surface area (TPSA) is 83.9 Å². The number of imidazole rings is 1. The second-order valence-corrected chi connectivity index (χ2v) is 6.57.